The maximum atomic E-state index is 13.4. The van der Waals surface area contributed by atoms with Crippen LogP contribution in [0.5, 0.6) is 5.75 Å². The fraction of sp³-hybridized carbons (Fsp3) is 0.0455. The van der Waals surface area contributed by atoms with Crippen LogP contribution in [0.15, 0.2) is 90.3 Å². The summed E-state index contributed by atoms with van der Waals surface area (Å²) in [5.74, 6) is -0.687. The molecule has 0 radical (unpaired) electrons. The van der Waals surface area contributed by atoms with Crippen molar-refractivity contribution in [3.63, 3.8) is 0 Å². The van der Waals surface area contributed by atoms with Crippen LogP contribution in [-0.2, 0) is 10.0 Å². The Morgan fingerprint density at radius 1 is 1.07 bits per heavy atom. The average Bonchev–Trinajstić information content (AvgIpc) is 2.74. The molecule has 0 heterocycles. The highest BCUT2D eigenvalue weighted by atomic mass is 35.5. The van der Waals surface area contributed by atoms with Crippen LogP contribution in [0.3, 0.4) is 0 Å². The van der Waals surface area contributed by atoms with E-state index in [1.807, 2.05) is 0 Å². The number of nitrogens with one attached hydrogen (secondary N) is 1. The highest BCUT2D eigenvalue weighted by molar-refractivity contribution is 7.93. The van der Waals surface area contributed by atoms with Crippen molar-refractivity contribution in [3.05, 3.63) is 96.0 Å². The van der Waals surface area contributed by atoms with Gasteiger partial charge in [-0.15, -0.1) is 6.58 Å². The van der Waals surface area contributed by atoms with Crippen LogP contribution in [-0.4, -0.2) is 26.0 Å². The molecular formula is C22H19ClN2O4S. The summed E-state index contributed by atoms with van der Waals surface area (Å²) in [7, 11) is -4.08. The van der Waals surface area contributed by atoms with E-state index in [-0.39, 0.29) is 33.5 Å². The number of hydrogen-bond donors (Lipinski definition) is 2. The lowest BCUT2D eigenvalue weighted by Crippen LogP contribution is -2.31. The number of halogens is 1. The van der Waals surface area contributed by atoms with E-state index in [4.69, 9.17) is 11.6 Å². The number of carbonyl (C=O) groups is 1. The second-order valence-corrected chi connectivity index (χ2v) is 8.51. The number of benzene rings is 3. The van der Waals surface area contributed by atoms with Crippen LogP contribution < -0.4 is 9.62 Å². The highest BCUT2D eigenvalue weighted by Crippen LogP contribution is 2.30. The molecule has 30 heavy (non-hydrogen) atoms. The van der Waals surface area contributed by atoms with E-state index in [9.17, 15) is 18.3 Å². The van der Waals surface area contributed by atoms with Crippen molar-refractivity contribution in [1.82, 2.24) is 0 Å². The quantitative estimate of drug-likeness (QED) is 0.411. The Bertz CT molecular complexity index is 1180. The van der Waals surface area contributed by atoms with Crippen LogP contribution in [0.1, 0.15) is 10.4 Å². The molecule has 3 rings (SSSR count). The molecule has 154 valence electrons. The SMILES string of the molecule is C=CCN(c1ccccc1)S(=O)(=O)c1cc(C(=O)Nc2ccccc2O)ccc1Cl. The zero-order valence-corrected chi connectivity index (χ0v) is 17.4. The van der Waals surface area contributed by atoms with Crippen molar-refractivity contribution in [3.8, 4) is 5.75 Å². The molecule has 0 saturated heterocycles. The van der Waals surface area contributed by atoms with Crippen LogP contribution in [0.25, 0.3) is 0 Å². The van der Waals surface area contributed by atoms with Gasteiger partial charge < -0.3 is 10.4 Å². The number of hydrogen-bond acceptors (Lipinski definition) is 4. The van der Waals surface area contributed by atoms with E-state index in [0.717, 1.165) is 4.31 Å². The van der Waals surface area contributed by atoms with Crippen molar-refractivity contribution in [2.24, 2.45) is 0 Å². The molecule has 0 saturated carbocycles. The first kappa shape index (κ1) is 21.4. The van der Waals surface area contributed by atoms with Crippen molar-refractivity contribution >= 4 is 38.9 Å². The van der Waals surface area contributed by atoms with Crippen molar-refractivity contribution in [1.29, 1.82) is 0 Å². The second kappa shape index (κ2) is 9.02. The molecule has 0 aliphatic rings. The number of amides is 1. The molecule has 1 amide bonds. The van der Waals surface area contributed by atoms with Gasteiger partial charge in [0, 0.05) is 5.56 Å². The fourth-order valence-corrected chi connectivity index (χ4v) is 4.73. The number of aromatic hydroxyl groups is 1. The summed E-state index contributed by atoms with van der Waals surface area (Å²) in [5.41, 5.74) is 0.727. The normalized spacial score (nSPS) is 11.0. The first-order valence-corrected chi connectivity index (χ1v) is 10.7. The van der Waals surface area contributed by atoms with Gasteiger partial charge in [0.25, 0.3) is 15.9 Å². The molecule has 0 aliphatic heterocycles. The highest BCUT2D eigenvalue weighted by Gasteiger charge is 2.27. The molecule has 0 unspecified atom stereocenters. The molecule has 3 aromatic carbocycles. The van der Waals surface area contributed by atoms with E-state index in [2.05, 4.69) is 11.9 Å². The van der Waals surface area contributed by atoms with Gasteiger partial charge in [0.2, 0.25) is 0 Å². The number of anilines is 2. The first-order valence-electron chi connectivity index (χ1n) is 8.92. The number of nitrogens with zero attached hydrogens (tertiary/aromatic N) is 1. The summed E-state index contributed by atoms with van der Waals surface area (Å²) in [6, 6.07) is 18.7. The van der Waals surface area contributed by atoms with E-state index in [1.54, 1.807) is 42.5 Å². The molecule has 0 bridgehead atoms. The standard InChI is InChI=1S/C22H19ClN2O4S/c1-2-14-25(17-8-4-3-5-9-17)30(28,29)21-15-16(12-13-18(21)23)22(27)24-19-10-6-7-11-20(19)26/h2-13,15,26H,1,14H2,(H,24,27). The largest absolute Gasteiger partial charge is 0.506 e. The smallest absolute Gasteiger partial charge is 0.266 e. The van der Waals surface area contributed by atoms with Crippen LogP contribution in [0, 0.1) is 0 Å². The molecule has 2 N–H and O–H groups in total. The van der Waals surface area contributed by atoms with E-state index < -0.39 is 15.9 Å². The molecule has 8 heteroatoms. The van der Waals surface area contributed by atoms with Gasteiger partial charge in [-0.3, -0.25) is 9.10 Å². The summed E-state index contributed by atoms with van der Waals surface area (Å²) in [6.45, 7) is 3.65. The third-order valence-electron chi connectivity index (χ3n) is 4.25. The molecule has 0 aliphatic carbocycles. The van der Waals surface area contributed by atoms with Gasteiger partial charge in [-0.1, -0.05) is 48.0 Å². The van der Waals surface area contributed by atoms with Gasteiger partial charge in [-0.2, -0.15) is 0 Å². The molecule has 6 nitrogen and oxygen atoms in total. The predicted molar refractivity (Wildman–Crippen MR) is 119 cm³/mol. The van der Waals surface area contributed by atoms with Crippen molar-refractivity contribution in [2.45, 2.75) is 4.90 Å². The Balaban J connectivity index is 2.00. The van der Waals surface area contributed by atoms with Gasteiger partial charge in [-0.05, 0) is 42.5 Å². The summed E-state index contributed by atoms with van der Waals surface area (Å²) < 4.78 is 27.9. The topological polar surface area (TPSA) is 86.7 Å². The number of phenolic OH excluding ortho intramolecular Hbond substituents is 1. The Morgan fingerprint density at radius 2 is 1.73 bits per heavy atom. The average molecular weight is 443 g/mol. The summed E-state index contributed by atoms with van der Waals surface area (Å²) in [4.78, 5) is 12.4. The third kappa shape index (κ3) is 4.48. The van der Waals surface area contributed by atoms with Crippen LogP contribution in [0.2, 0.25) is 5.02 Å². The minimum absolute atomic E-state index is 0.0147. The molecule has 3 aromatic rings. The van der Waals surface area contributed by atoms with Crippen molar-refractivity contribution < 1.29 is 18.3 Å². The van der Waals surface area contributed by atoms with E-state index in [0.29, 0.717) is 5.69 Å². The van der Waals surface area contributed by atoms with E-state index >= 15 is 0 Å². The van der Waals surface area contributed by atoms with Gasteiger partial charge in [0.1, 0.15) is 10.6 Å². The number of rotatable bonds is 7. The van der Waals surface area contributed by atoms with Gasteiger partial charge in [-0.25, -0.2) is 8.42 Å². The fourth-order valence-electron chi connectivity index (χ4n) is 2.79. The zero-order chi connectivity index (χ0) is 21.7. The molecule has 0 atom stereocenters. The maximum Gasteiger partial charge on any atom is 0.266 e. The Labute approximate surface area is 180 Å². The first-order chi connectivity index (χ1) is 14.3. The van der Waals surface area contributed by atoms with Gasteiger partial charge in [0.15, 0.2) is 0 Å². The maximum absolute atomic E-state index is 13.4. The summed E-state index contributed by atoms with van der Waals surface area (Å²) in [6.07, 6.45) is 1.47. The Kier molecular flexibility index (Phi) is 6.44. The number of para-hydroxylation sites is 3. The summed E-state index contributed by atoms with van der Waals surface area (Å²) in [5, 5.41) is 12.4. The lowest BCUT2D eigenvalue weighted by Gasteiger charge is -2.24. The van der Waals surface area contributed by atoms with Crippen molar-refractivity contribution in [2.75, 3.05) is 16.2 Å². The molecular weight excluding hydrogens is 424 g/mol. The molecule has 0 spiro atoms. The van der Waals surface area contributed by atoms with Crippen LogP contribution >= 0.6 is 11.6 Å². The molecule has 0 aromatic heterocycles. The minimum atomic E-state index is -4.08. The number of sulfonamides is 1. The monoisotopic (exact) mass is 442 g/mol. The van der Waals surface area contributed by atoms with E-state index in [1.165, 1.54) is 36.4 Å². The zero-order valence-electron chi connectivity index (χ0n) is 15.8. The van der Waals surface area contributed by atoms with Gasteiger partial charge in [0.05, 0.1) is 22.9 Å². The number of carbonyl (C=O) groups excluding carboxylic acids is 1. The Hall–Kier alpha value is -3.29. The van der Waals surface area contributed by atoms with Crippen LogP contribution in [0.4, 0.5) is 11.4 Å². The third-order valence-corrected chi connectivity index (χ3v) is 6.53. The minimum Gasteiger partial charge on any atom is -0.506 e. The lowest BCUT2D eigenvalue weighted by molar-refractivity contribution is 0.102. The predicted octanol–water partition coefficient (Wildman–Crippen LogP) is 4.68. The second-order valence-electron chi connectivity index (χ2n) is 6.28. The number of phenols is 1. The lowest BCUT2D eigenvalue weighted by atomic mass is 10.2. The Morgan fingerprint density at radius 3 is 2.40 bits per heavy atom. The summed E-state index contributed by atoms with van der Waals surface area (Å²) >= 11 is 6.20. The van der Waals surface area contributed by atoms with Gasteiger partial charge >= 0.3 is 0 Å². The molecule has 0 fully saturated rings.